The smallest absolute Gasteiger partial charge is 0.409 e. The predicted molar refractivity (Wildman–Crippen MR) is 54.0 cm³/mol. The first-order valence-corrected chi connectivity index (χ1v) is 5.44. The third-order valence-corrected chi connectivity index (χ3v) is 3.76. The van der Waals surface area contributed by atoms with E-state index in [1.807, 2.05) is 0 Å². The Morgan fingerprint density at radius 3 is 2.93 bits per heavy atom. The monoisotopic (exact) mass is 208 g/mol. The van der Waals surface area contributed by atoms with Crippen molar-refractivity contribution in [1.29, 1.82) is 5.26 Å². The zero-order valence-electron chi connectivity index (χ0n) is 9.03. The van der Waals surface area contributed by atoms with Gasteiger partial charge in [0, 0.05) is 13.1 Å². The van der Waals surface area contributed by atoms with Crippen molar-refractivity contribution in [3.63, 3.8) is 0 Å². The van der Waals surface area contributed by atoms with E-state index in [1.54, 1.807) is 4.90 Å². The van der Waals surface area contributed by atoms with Crippen LogP contribution in [-0.4, -0.2) is 31.2 Å². The number of amides is 1. The van der Waals surface area contributed by atoms with Gasteiger partial charge in [0.2, 0.25) is 0 Å². The number of hydrogen-bond donors (Lipinski definition) is 0. The quantitative estimate of drug-likeness (QED) is 0.609. The van der Waals surface area contributed by atoms with Crippen LogP contribution in [-0.2, 0) is 4.74 Å². The van der Waals surface area contributed by atoms with Gasteiger partial charge in [-0.3, -0.25) is 0 Å². The molecule has 2 unspecified atom stereocenters. The van der Waals surface area contributed by atoms with Crippen molar-refractivity contribution in [2.24, 2.45) is 11.3 Å². The van der Waals surface area contributed by atoms with Crippen molar-refractivity contribution in [1.82, 2.24) is 4.90 Å². The summed E-state index contributed by atoms with van der Waals surface area (Å²) < 4.78 is 4.71. The van der Waals surface area contributed by atoms with Gasteiger partial charge in [0.05, 0.1) is 19.1 Å². The van der Waals surface area contributed by atoms with Crippen LogP contribution in [0, 0.1) is 22.7 Å². The minimum Gasteiger partial charge on any atom is -0.453 e. The van der Waals surface area contributed by atoms with Crippen molar-refractivity contribution >= 4 is 6.09 Å². The van der Waals surface area contributed by atoms with E-state index in [0.29, 0.717) is 0 Å². The van der Waals surface area contributed by atoms with Gasteiger partial charge in [-0.1, -0.05) is 0 Å². The second-order valence-corrected chi connectivity index (χ2v) is 4.56. The molecule has 82 valence electrons. The summed E-state index contributed by atoms with van der Waals surface area (Å²) in [5, 5.41) is 8.88. The lowest BCUT2D eigenvalue weighted by atomic mass is 9.95. The Morgan fingerprint density at radius 1 is 1.53 bits per heavy atom. The normalized spacial score (nSPS) is 34.4. The largest absolute Gasteiger partial charge is 0.453 e. The molecule has 0 aromatic rings. The maximum atomic E-state index is 11.3. The van der Waals surface area contributed by atoms with E-state index >= 15 is 0 Å². The lowest BCUT2D eigenvalue weighted by molar-refractivity contribution is 0.124. The van der Waals surface area contributed by atoms with Crippen LogP contribution in [0.3, 0.4) is 0 Å². The number of ether oxygens (including phenoxy) is 1. The molecule has 0 radical (unpaired) electrons. The zero-order valence-corrected chi connectivity index (χ0v) is 9.03. The van der Waals surface area contributed by atoms with Crippen LogP contribution in [0.15, 0.2) is 0 Å². The molecule has 0 aromatic heterocycles. The minimum absolute atomic E-state index is 0.232. The third kappa shape index (κ3) is 1.79. The number of hydrogen-bond acceptors (Lipinski definition) is 3. The Kier molecular flexibility index (Phi) is 2.56. The van der Waals surface area contributed by atoms with Gasteiger partial charge in [0.25, 0.3) is 0 Å². The molecular formula is C11H16N2O2. The molecule has 1 amide bonds. The summed E-state index contributed by atoms with van der Waals surface area (Å²) in [4.78, 5) is 13.1. The third-order valence-electron chi connectivity index (χ3n) is 3.76. The van der Waals surface area contributed by atoms with Gasteiger partial charge in [0.15, 0.2) is 0 Å². The number of rotatable bonds is 0. The summed E-state index contributed by atoms with van der Waals surface area (Å²) in [7, 11) is 1.41. The summed E-state index contributed by atoms with van der Waals surface area (Å²) in [5.74, 6) is 0.232. The molecule has 15 heavy (non-hydrogen) atoms. The van der Waals surface area contributed by atoms with E-state index < -0.39 is 0 Å². The molecule has 2 fully saturated rings. The van der Waals surface area contributed by atoms with Gasteiger partial charge in [-0.25, -0.2) is 4.79 Å². The summed E-state index contributed by atoms with van der Waals surface area (Å²) >= 11 is 0. The van der Waals surface area contributed by atoms with Crippen LogP contribution >= 0.6 is 0 Å². The molecule has 0 bridgehead atoms. The second-order valence-electron chi connectivity index (χ2n) is 4.56. The molecule has 1 saturated carbocycles. The number of likely N-dealkylation sites (tertiary alicyclic amines) is 1. The predicted octanol–water partition coefficient (Wildman–Crippen LogP) is 1.77. The van der Waals surface area contributed by atoms with Gasteiger partial charge < -0.3 is 9.64 Å². The van der Waals surface area contributed by atoms with E-state index in [2.05, 4.69) is 6.07 Å². The van der Waals surface area contributed by atoms with Gasteiger partial charge in [-0.05, 0) is 31.1 Å². The van der Waals surface area contributed by atoms with E-state index in [4.69, 9.17) is 10.00 Å². The lowest BCUT2D eigenvalue weighted by Crippen LogP contribution is -2.31. The Morgan fingerprint density at radius 2 is 2.33 bits per heavy atom. The molecule has 0 aromatic carbocycles. The molecule has 1 aliphatic heterocycles. The highest BCUT2D eigenvalue weighted by molar-refractivity contribution is 5.67. The maximum Gasteiger partial charge on any atom is 0.409 e. The standard InChI is InChI=1S/C11H16N2O2/c1-15-10(14)13-5-2-3-11(4-6-13)7-9(11)8-12/h9H,2-7H2,1H3. The van der Waals surface area contributed by atoms with Gasteiger partial charge in [-0.15, -0.1) is 0 Å². The fourth-order valence-corrected chi connectivity index (χ4v) is 2.61. The zero-order chi connectivity index (χ0) is 10.9. The molecule has 4 nitrogen and oxygen atoms in total. The van der Waals surface area contributed by atoms with Gasteiger partial charge in [0.1, 0.15) is 0 Å². The van der Waals surface area contributed by atoms with Crippen LogP contribution in [0.4, 0.5) is 4.79 Å². The summed E-state index contributed by atoms with van der Waals surface area (Å²) in [6.07, 6.45) is 3.83. The highest BCUT2D eigenvalue weighted by Crippen LogP contribution is 2.58. The Balaban J connectivity index is 1.94. The average Bonchev–Trinajstić information content (AvgIpc) is 3.00. The summed E-state index contributed by atoms with van der Waals surface area (Å²) in [6, 6.07) is 2.35. The van der Waals surface area contributed by atoms with Gasteiger partial charge >= 0.3 is 6.09 Å². The van der Waals surface area contributed by atoms with Crippen molar-refractivity contribution in [3.05, 3.63) is 0 Å². The number of nitriles is 1. The highest BCUT2D eigenvalue weighted by atomic mass is 16.5. The first-order valence-electron chi connectivity index (χ1n) is 5.44. The molecule has 2 atom stereocenters. The molecule has 4 heteroatoms. The number of carbonyl (C=O) groups excluding carboxylic acids is 1. The Bertz CT molecular complexity index is 310. The van der Waals surface area contributed by atoms with E-state index in [-0.39, 0.29) is 17.4 Å². The molecular weight excluding hydrogens is 192 g/mol. The number of methoxy groups -OCH3 is 1. The SMILES string of the molecule is COC(=O)N1CCCC2(CC1)CC2C#N. The molecule has 1 spiro atoms. The van der Waals surface area contributed by atoms with E-state index in [0.717, 1.165) is 38.8 Å². The van der Waals surface area contributed by atoms with Crippen molar-refractivity contribution in [2.45, 2.75) is 25.7 Å². The molecule has 0 N–H and O–H groups in total. The maximum absolute atomic E-state index is 11.3. The minimum atomic E-state index is -0.235. The molecule has 1 heterocycles. The highest BCUT2D eigenvalue weighted by Gasteiger charge is 2.54. The Hall–Kier alpha value is -1.24. The molecule has 2 aliphatic rings. The molecule has 1 saturated heterocycles. The van der Waals surface area contributed by atoms with Gasteiger partial charge in [-0.2, -0.15) is 5.26 Å². The van der Waals surface area contributed by atoms with Crippen LogP contribution in [0.1, 0.15) is 25.7 Å². The molecule has 2 rings (SSSR count). The Labute approximate surface area is 89.8 Å². The first-order chi connectivity index (χ1) is 7.22. The fraction of sp³-hybridized carbons (Fsp3) is 0.818. The fourth-order valence-electron chi connectivity index (χ4n) is 2.61. The van der Waals surface area contributed by atoms with E-state index in [1.165, 1.54) is 7.11 Å². The average molecular weight is 208 g/mol. The number of carbonyl (C=O) groups is 1. The molecule has 1 aliphatic carbocycles. The van der Waals surface area contributed by atoms with Crippen molar-refractivity contribution in [3.8, 4) is 6.07 Å². The summed E-state index contributed by atoms with van der Waals surface area (Å²) in [6.45, 7) is 1.51. The first kappa shape index (κ1) is 10.3. The second kappa shape index (κ2) is 3.73. The lowest BCUT2D eigenvalue weighted by Gasteiger charge is -2.18. The van der Waals surface area contributed by atoms with Crippen molar-refractivity contribution < 1.29 is 9.53 Å². The van der Waals surface area contributed by atoms with Crippen LogP contribution in [0.25, 0.3) is 0 Å². The van der Waals surface area contributed by atoms with Crippen molar-refractivity contribution in [2.75, 3.05) is 20.2 Å². The number of nitrogens with zero attached hydrogens (tertiary/aromatic N) is 2. The van der Waals surface area contributed by atoms with Crippen LogP contribution < -0.4 is 0 Å². The topological polar surface area (TPSA) is 53.3 Å². The summed E-state index contributed by atoms with van der Waals surface area (Å²) in [5.41, 5.74) is 0.234. The van der Waals surface area contributed by atoms with E-state index in [9.17, 15) is 4.79 Å². The van der Waals surface area contributed by atoms with Crippen LogP contribution in [0.2, 0.25) is 0 Å². The van der Waals surface area contributed by atoms with Crippen LogP contribution in [0.5, 0.6) is 0 Å².